The first-order valence-electron chi connectivity index (χ1n) is 6.03. The van der Waals surface area contributed by atoms with Gasteiger partial charge in [0.1, 0.15) is 11.6 Å². The Balaban J connectivity index is 2.30. The molecule has 0 bridgehead atoms. The van der Waals surface area contributed by atoms with Gasteiger partial charge in [-0.25, -0.2) is 8.78 Å². The van der Waals surface area contributed by atoms with Gasteiger partial charge in [0.25, 0.3) is 0 Å². The van der Waals surface area contributed by atoms with Crippen LogP contribution in [0.15, 0.2) is 30.3 Å². The monoisotopic (exact) mass is 315 g/mol. The Kier molecular flexibility index (Phi) is 4.63. The summed E-state index contributed by atoms with van der Waals surface area (Å²) in [7, 11) is 0. The van der Waals surface area contributed by atoms with Crippen molar-refractivity contribution in [1.82, 2.24) is 0 Å². The summed E-state index contributed by atoms with van der Waals surface area (Å²) >= 11 is 12.0. The molecule has 0 saturated heterocycles. The normalized spacial score (nSPS) is 12.5. The molecule has 5 heteroatoms. The summed E-state index contributed by atoms with van der Waals surface area (Å²) in [5.41, 5.74) is 7.35. The minimum Gasteiger partial charge on any atom is -0.324 e. The van der Waals surface area contributed by atoms with Crippen LogP contribution in [-0.4, -0.2) is 0 Å². The third kappa shape index (κ3) is 3.29. The van der Waals surface area contributed by atoms with Gasteiger partial charge in [0, 0.05) is 27.7 Å². The van der Waals surface area contributed by atoms with E-state index in [0.717, 1.165) is 11.6 Å². The van der Waals surface area contributed by atoms with Gasteiger partial charge in [-0.05, 0) is 48.7 Å². The Morgan fingerprint density at radius 2 is 1.80 bits per heavy atom. The summed E-state index contributed by atoms with van der Waals surface area (Å²) in [4.78, 5) is 0. The van der Waals surface area contributed by atoms with Crippen LogP contribution in [0, 0.1) is 18.6 Å². The first-order valence-corrected chi connectivity index (χ1v) is 6.79. The van der Waals surface area contributed by atoms with E-state index in [0.29, 0.717) is 22.0 Å². The fourth-order valence-electron chi connectivity index (χ4n) is 2.01. The lowest BCUT2D eigenvalue weighted by Gasteiger charge is -2.15. The predicted molar refractivity (Wildman–Crippen MR) is 78.2 cm³/mol. The third-order valence-electron chi connectivity index (χ3n) is 3.13. The lowest BCUT2D eigenvalue weighted by molar-refractivity contribution is 0.550. The fourth-order valence-corrected chi connectivity index (χ4v) is 2.40. The van der Waals surface area contributed by atoms with Crippen molar-refractivity contribution in [3.8, 4) is 0 Å². The van der Waals surface area contributed by atoms with Crippen molar-refractivity contribution in [2.75, 3.05) is 0 Å². The van der Waals surface area contributed by atoms with Gasteiger partial charge in [-0.15, -0.1) is 0 Å². The predicted octanol–water partition coefficient (Wildman–Crippen LogP) is 4.82. The molecule has 20 heavy (non-hydrogen) atoms. The van der Waals surface area contributed by atoms with Gasteiger partial charge in [0.15, 0.2) is 0 Å². The second-order valence-electron chi connectivity index (χ2n) is 4.67. The standard InChI is InChI=1S/C15H13Cl2F2N/c1-8-4-11(14(19)7-13(8)18)15(20)6-9-5-10(16)2-3-12(9)17/h2-5,7,15H,6,20H2,1H3. The Morgan fingerprint density at radius 3 is 2.50 bits per heavy atom. The number of hydrogen-bond donors (Lipinski definition) is 1. The van der Waals surface area contributed by atoms with Crippen molar-refractivity contribution >= 4 is 23.2 Å². The second-order valence-corrected chi connectivity index (χ2v) is 5.51. The van der Waals surface area contributed by atoms with E-state index in [2.05, 4.69) is 0 Å². The number of hydrogen-bond acceptors (Lipinski definition) is 1. The van der Waals surface area contributed by atoms with Gasteiger partial charge in [-0.2, -0.15) is 0 Å². The maximum atomic E-state index is 13.8. The maximum Gasteiger partial charge on any atom is 0.130 e. The topological polar surface area (TPSA) is 26.0 Å². The SMILES string of the molecule is Cc1cc(C(N)Cc2cc(Cl)ccc2Cl)c(F)cc1F. The number of halogens is 4. The van der Waals surface area contributed by atoms with Gasteiger partial charge < -0.3 is 5.73 Å². The van der Waals surface area contributed by atoms with Gasteiger partial charge in [0.2, 0.25) is 0 Å². The minimum atomic E-state index is -0.654. The van der Waals surface area contributed by atoms with Gasteiger partial charge in [-0.3, -0.25) is 0 Å². The molecule has 2 aromatic carbocycles. The van der Waals surface area contributed by atoms with E-state index in [-0.39, 0.29) is 5.56 Å². The molecule has 1 nitrogen and oxygen atoms in total. The number of aryl methyl sites for hydroxylation is 1. The summed E-state index contributed by atoms with van der Waals surface area (Å²) in [6.45, 7) is 1.57. The van der Waals surface area contributed by atoms with Crippen LogP contribution in [0.1, 0.15) is 22.7 Å². The van der Waals surface area contributed by atoms with Crippen LogP contribution < -0.4 is 5.73 Å². The van der Waals surface area contributed by atoms with E-state index in [9.17, 15) is 8.78 Å². The largest absolute Gasteiger partial charge is 0.324 e. The molecule has 2 N–H and O–H groups in total. The molecular weight excluding hydrogens is 303 g/mol. The molecule has 0 saturated carbocycles. The molecule has 0 heterocycles. The molecule has 0 radical (unpaired) electrons. The van der Waals surface area contributed by atoms with E-state index in [1.165, 1.54) is 6.07 Å². The van der Waals surface area contributed by atoms with Crippen molar-refractivity contribution < 1.29 is 8.78 Å². The van der Waals surface area contributed by atoms with E-state index >= 15 is 0 Å². The van der Waals surface area contributed by atoms with Crippen LogP contribution >= 0.6 is 23.2 Å². The zero-order valence-electron chi connectivity index (χ0n) is 10.8. The molecule has 0 aliphatic rings. The summed E-state index contributed by atoms with van der Waals surface area (Å²) in [6, 6.07) is 6.68. The molecule has 0 amide bonds. The smallest absolute Gasteiger partial charge is 0.130 e. The Labute approximate surface area is 126 Å². The van der Waals surface area contributed by atoms with Crippen molar-refractivity contribution in [1.29, 1.82) is 0 Å². The van der Waals surface area contributed by atoms with Crippen LogP contribution in [0.25, 0.3) is 0 Å². The van der Waals surface area contributed by atoms with Crippen LogP contribution in [0.5, 0.6) is 0 Å². The first kappa shape index (κ1) is 15.2. The van der Waals surface area contributed by atoms with Crippen LogP contribution in [-0.2, 0) is 6.42 Å². The molecule has 1 atom stereocenters. The highest BCUT2D eigenvalue weighted by atomic mass is 35.5. The minimum absolute atomic E-state index is 0.264. The van der Waals surface area contributed by atoms with Gasteiger partial charge in [-0.1, -0.05) is 23.2 Å². The first-order chi connectivity index (χ1) is 9.38. The summed E-state index contributed by atoms with van der Waals surface area (Å²) in [5.74, 6) is -1.24. The summed E-state index contributed by atoms with van der Waals surface area (Å²) in [6.07, 6.45) is 0.321. The fraction of sp³-hybridized carbons (Fsp3) is 0.200. The molecule has 2 aromatic rings. The van der Waals surface area contributed by atoms with Crippen molar-refractivity contribution in [2.45, 2.75) is 19.4 Å². The number of nitrogens with two attached hydrogens (primary N) is 1. The van der Waals surface area contributed by atoms with Gasteiger partial charge in [0.05, 0.1) is 0 Å². The molecule has 0 aliphatic carbocycles. The number of rotatable bonds is 3. The zero-order valence-corrected chi connectivity index (χ0v) is 12.3. The molecular formula is C15H13Cl2F2N. The molecule has 106 valence electrons. The third-order valence-corrected chi connectivity index (χ3v) is 3.73. The van der Waals surface area contributed by atoms with Gasteiger partial charge >= 0.3 is 0 Å². The van der Waals surface area contributed by atoms with E-state index in [1.54, 1.807) is 25.1 Å². The molecule has 0 fully saturated rings. The summed E-state index contributed by atoms with van der Waals surface area (Å²) in [5, 5.41) is 1.05. The van der Waals surface area contributed by atoms with Crippen LogP contribution in [0.3, 0.4) is 0 Å². The van der Waals surface area contributed by atoms with Crippen molar-refractivity contribution in [3.05, 3.63) is 68.7 Å². The van der Waals surface area contributed by atoms with Crippen molar-refractivity contribution in [2.24, 2.45) is 5.73 Å². The molecule has 1 unspecified atom stereocenters. The van der Waals surface area contributed by atoms with E-state index in [4.69, 9.17) is 28.9 Å². The second kappa shape index (κ2) is 6.08. The Hall–Kier alpha value is -1.16. The Morgan fingerprint density at radius 1 is 1.10 bits per heavy atom. The lowest BCUT2D eigenvalue weighted by Crippen LogP contribution is -2.16. The van der Waals surface area contributed by atoms with Crippen LogP contribution in [0.4, 0.5) is 8.78 Å². The lowest BCUT2D eigenvalue weighted by atomic mass is 9.97. The average Bonchev–Trinajstić information content (AvgIpc) is 2.38. The highest BCUT2D eigenvalue weighted by Gasteiger charge is 2.16. The van der Waals surface area contributed by atoms with Crippen molar-refractivity contribution in [3.63, 3.8) is 0 Å². The summed E-state index contributed by atoms with van der Waals surface area (Å²) < 4.78 is 27.0. The highest BCUT2D eigenvalue weighted by Crippen LogP contribution is 2.27. The molecule has 0 aliphatic heterocycles. The highest BCUT2D eigenvalue weighted by molar-refractivity contribution is 6.33. The molecule has 0 aromatic heterocycles. The zero-order chi connectivity index (χ0) is 14.9. The molecule has 0 spiro atoms. The molecule has 2 rings (SSSR count). The quantitative estimate of drug-likeness (QED) is 0.863. The van der Waals surface area contributed by atoms with Crippen LogP contribution in [0.2, 0.25) is 10.0 Å². The Bertz CT molecular complexity index is 644. The van der Waals surface area contributed by atoms with E-state index < -0.39 is 17.7 Å². The average molecular weight is 316 g/mol. The van der Waals surface area contributed by atoms with E-state index in [1.807, 2.05) is 0 Å². The number of benzene rings is 2. The maximum absolute atomic E-state index is 13.8.